The van der Waals surface area contributed by atoms with E-state index in [0.717, 1.165) is 11.3 Å². The van der Waals surface area contributed by atoms with Crippen molar-refractivity contribution in [2.24, 2.45) is 0 Å². The quantitative estimate of drug-likeness (QED) is 0.759. The highest BCUT2D eigenvalue weighted by Crippen LogP contribution is 2.42. The zero-order valence-electron chi connectivity index (χ0n) is 15.1. The lowest BCUT2D eigenvalue weighted by Gasteiger charge is -2.14. The van der Waals surface area contributed by atoms with E-state index in [9.17, 15) is 4.79 Å². The summed E-state index contributed by atoms with van der Waals surface area (Å²) in [5, 5.41) is 10.1. The number of aromatic amines is 1. The van der Waals surface area contributed by atoms with Gasteiger partial charge < -0.3 is 24.3 Å². The van der Waals surface area contributed by atoms with E-state index in [1.165, 1.54) is 7.11 Å². The Bertz CT molecular complexity index is 717. The molecule has 0 spiro atoms. The van der Waals surface area contributed by atoms with Crippen LogP contribution < -0.4 is 19.5 Å². The summed E-state index contributed by atoms with van der Waals surface area (Å²) >= 11 is 0. The van der Waals surface area contributed by atoms with Gasteiger partial charge in [0, 0.05) is 12.7 Å². The predicted molar refractivity (Wildman–Crippen MR) is 93.6 cm³/mol. The predicted octanol–water partition coefficient (Wildman–Crippen LogP) is 2.25. The Kier molecular flexibility index (Phi) is 6.24. The minimum Gasteiger partial charge on any atom is -0.493 e. The van der Waals surface area contributed by atoms with Gasteiger partial charge in [-0.25, -0.2) is 0 Å². The molecule has 0 radical (unpaired) electrons. The molecular weight excluding hydrogens is 326 g/mol. The Morgan fingerprint density at radius 1 is 1.12 bits per heavy atom. The monoisotopic (exact) mass is 349 g/mol. The molecule has 0 atom stereocenters. The summed E-state index contributed by atoms with van der Waals surface area (Å²) in [5.74, 6) is 1.25. The molecule has 1 amide bonds. The lowest BCUT2D eigenvalue weighted by molar-refractivity contribution is -0.119. The van der Waals surface area contributed by atoms with Crippen LogP contribution in [-0.2, 0) is 16.0 Å². The van der Waals surface area contributed by atoms with E-state index in [0.29, 0.717) is 35.1 Å². The first kappa shape index (κ1) is 18.6. The lowest BCUT2D eigenvalue weighted by Crippen LogP contribution is -2.18. The summed E-state index contributed by atoms with van der Waals surface area (Å²) < 4.78 is 21.0. The number of rotatable bonds is 8. The molecule has 1 aromatic carbocycles. The normalized spacial score (nSPS) is 10.4. The van der Waals surface area contributed by atoms with Gasteiger partial charge in [0.2, 0.25) is 11.7 Å². The molecule has 25 heavy (non-hydrogen) atoms. The van der Waals surface area contributed by atoms with Crippen molar-refractivity contribution >= 4 is 11.6 Å². The third kappa shape index (κ3) is 3.85. The fourth-order valence-electron chi connectivity index (χ4n) is 2.50. The van der Waals surface area contributed by atoms with Crippen molar-refractivity contribution in [1.29, 1.82) is 0 Å². The molecule has 2 aromatic rings. The van der Waals surface area contributed by atoms with Crippen LogP contribution in [0.25, 0.3) is 11.3 Å². The number of benzene rings is 1. The topological polar surface area (TPSA) is 94.7 Å². The number of nitrogens with zero attached hydrogens (tertiary/aromatic N) is 1. The Morgan fingerprint density at radius 3 is 2.24 bits per heavy atom. The zero-order chi connectivity index (χ0) is 18.4. The molecule has 8 nitrogen and oxygen atoms in total. The van der Waals surface area contributed by atoms with Gasteiger partial charge in [0.25, 0.3) is 0 Å². The van der Waals surface area contributed by atoms with Crippen LogP contribution >= 0.6 is 0 Å². The van der Waals surface area contributed by atoms with Crippen molar-refractivity contribution in [2.75, 3.05) is 40.4 Å². The summed E-state index contributed by atoms with van der Waals surface area (Å²) in [6.45, 7) is 1.93. The maximum atomic E-state index is 12.0. The van der Waals surface area contributed by atoms with Crippen LogP contribution in [-0.4, -0.2) is 51.2 Å². The summed E-state index contributed by atoms with van der Waals surface area (Å²) in [7, 11) is 6.10. The van der Waals surface area contributed by atoms with Crippen LogP contribution in [0.4, 0.5) is 5.69 Å². The summed E-state index contributed by atoms with van der Waals surface area (Å²) in [5.41, 5.74) is 2.73. The SMILES string of the molecule is CCc1[nH]nc(-c2cc(OC)c(OC)c(OC)c2)c1NC(=O)COC. The summed E-state index contributed by atoms with van der Waals surface area (Å²) in [6, 6.07) is 3.56. The van der Waals surface area contributed by atoms with Gasteiger partial charge in [-0.05, 0) is 18.6 Å². The fourth-order valence-corrected chi connectivity index (χ4v) is 2.50. The summed E-state index contributed by atoms with van der Waals surface area (Å²) in [6.07, 6.45) is 0.681. The van der Waals surface area contributed by atoms with E-state index < -0.39 is 0 Å². The van der Waals surface area contributed by atoms with Gasteiger partial charge in [-0.3, -0.25) is 9.89 Å². The van der Waals surface area contributed by atoms with Gasteiger partial charge >= 0.3 is 0 Å². The number of methoxy groups -OCH3 is 4. The van der Waals surface area contributed by atoms with E-state index in [1.807, 2.05) is 6.92 Å². The van der Waals surface area contributed by atoms with Crippen LogP contribution in [0, 0.1) is 0 Å². The Balaban J connectivity index is 2.54. The van der Waals surface area contributed by atoms with E-state index >= 15 is 0 Å². The van der Waals surface area contributed by atoms with E-state index in [2.05, 4.69) is 15.5 Å². The second-order valence-corrected chi connectivity index (χ2v) is 5.17. The molecule has 2 N–H and O–H groups in total. The molecule has 1 heterocycles. The number of anilines is 1. The van der Waals surface area contributed by atoms with Gasteiger partial charge in [-0.15, -0.1) is 0 Å². The second kappa shape index (κ2) is 8.39. The largest absolute Gasteiger partial charge is 0.493 e. The first-order valence-corrected chi connectivity index (χ1v) is 7.75. The van der Waals surface area contributed by atoms with Crippen molar-refractivity contribution in [3.05, 3.63) is 17.8 Å². The number of hydrogen-bond donors (Lipinski definition) is 2. The third-order valence-electron chi connectivity index (χ3n) is 3.67. The number of nitrogens with one attached hydrogen (secondary N) is 2. The maximum absolute atomic E-state index is 12.0. The lowest BCUT2D eigenvalue weighted by atomic mass is 10.1. The molecule has 1 aromatic heterocycles. The average Bonchev–Trinajstić information content (AvgIpc) is 3.02. The Labute approximate surface area is 146 Å². The molecule has 0 saturated heterocycles. The fraction of sp³-hybridized carbons (Fsp3) is 0.412. The van der Waals surface area contributed by atoms with Crippen LogP contribution in [0.2, 0.25) is 0 Å². The Morgan fingerprint density at radius 2 is 1.76 bits per heavy atom. The molecule has 0 aliphatic carbocycles. The molecule has 0 aliphatic rings. The standard InChI is InChI=1S/C17H23N3O5/c1-6-11-16(18-14(21)9-22-2)15(20-19-11)10-7-12(23-3)17(25-5)13(8-10)24-4/h7-8H,6,9H2,1-5H3,(H,18,21)(H,19,20). The van der Waals surface area contributed by atoms with Gasteiger partial charge in [0.05, 0.1) is 32.7 Å². The number of aromatic nitrogens is 2. The number of carbonyl (C=O) groups excluding carboxylic acids is 1. The molecule has 0 aliphatic heterocycles. The second-order valence-electron chi connectivity index (χ2n) is 5.17. The number of aryl methyl sites for hydroxylation is 1. The van der Waals surface area contributed by atoms with Crippen LogP contribution in [0.1, 0.15) is 12.6 Å². The van der Waals surface area contributed by atoms with Gasteiger partial charge in [-0.1, -0.05) is 6.92 Å². The molecule has 0 unspecified atom stereocenters. The molecular formula is C17H23N3O5. The highest BCUT2D eigenvalue weighted by molar-refractivity contribution is 5.96. The van der Waals surface area contributed by atoms with Gasteiger partial charge in [0.15, 0.2) is 11.5 Å². The summed E-state index contributed by atoms with van der Waals surface area (Å²) in [4.78, 5) is 12.0. The van der Waals surface area contributed by atoms with Crippen molar-refractivity contribution < 1.29 is 23.7 Å². The van der Waals surface area contributed by atoms with Gasteiger partial charge in [-0.2, -0.15) is 5.10 Å². The smallest absolute Gasteiger partial charge is 0.250 e. The van der Waals surface area contributed by atoms with Crippen molar-refractivity contribution in [2.45, 2.75) is 13.3 Å². The maximum Gasteiger partial charge on any atom is 0.250 e. The molecule has 2 rings (SSSR count). The number of amides is 1. The van der Waals surface area contributed by atoms with Crippen LogP contribution in [0.15, 0.2) is 12.1 Å². The molecule has 8 heteroatoms. The molecule has 0 saturated carbocycles. The molecule has 0 fully saturated rings. The van der Waals surface area contributed by atoms with Crippen molar-refractivity contribution in [3.63, 3.8) is 0 Å². The number of H-pyrrole nitrogens is 1. The number of hydrogen-bond acceptors (Lipinski definition) is 6. The van der Waals surface area contributed by atoms with Crippen LogP contribution in [0.3, 0.4) is 0 Å². The third-order valence-corrected chi connectivity index (χ3v) is 3.67. The Hall–Kier alpha value is -2.74. The zero-order valence-corrected chi connectivity index (χ0v) is 15.1. The first-order chi connectivity index (χ1) is 12.1. The minimum atomic E-state index is -0.257. The average molecular weight is 349 g/mol. The van der Waals surface area contributed by atoms with Gasteiger partial charge in [0.1, 0.15) is 12.3 Å². The molecule has 0 bridgehead atoms. The number of carbonyl (C=O) groups is 1. The minimum absolute atomic E-state index is 0.0387. The first-order valence-electron chi connectivity index (χ1n) is 7.75. The highest BCUT2D eigenvalue weighted by Gasteiger charge is 2.20. The van der Waals surface area contributed by atoms with E-state index in [1.54, 1.807) is 33.5 Å². The van der Waals surface area contributed by atoms with Crippen LogP contribution in [0.5, 0.6) is 17.2 Å². The van der Waals surface area contributed by atoms with E-state index in [4.69, 9.17) is 18.9 Å². The highest BCUT2D eigenvalue weighted by atomic mass is 16.5. The van der Waals surface area contributed by atoms with E-state index in [-0.39, 0.29) is 12.5 Å². The van der Waals surface area contributed by atoms with Crippen molar-refractivity contribution in [3.8, 4) is 28.5 Å². The molecule has 136 valence electrons. The van der Waals surface area contributed by atoms with Crippen molar-refractivity contribution in [1.82, 2.24) is 10.2 Å². The number of ether oxygens (including phenoxy) is 4.